The predicted molar refractivity (Wildman–Crippen MR) is 96.5 cm³/mol. The van der Waals surface area contributed by atoms with Crippen molar-refractivity contribution in [3.63, 3.8) is 0 Å². The third kappa shape index (κ3) is 3.92. The van der Waals surface area contributed by atoms with E-state index in [1.54, 1.807) is 23.0 Å². The second-order valence-corrected chi connectivity index (χ2v) is 6.15. The maximum atomic E-state index is 12.4. The van der Waals surface area contributed by atoms with Crippen molar-refractivity contribution in [2.24, 2.45) is 0 Å². The number of hydrogen-bond donors (Lipinski definition) is 1. The Hall–Kier alpha value is -3.00. The molecule has 7 nitrogen and oxygen atoms in total. The van der Waals surface area contributed by atoms with Gasteiger partial charge in [0.2, 0.25) is 0 Å². The first-order valence-corrected chi connectivity index (χ1v) is 8.15. The molecule has 25 heavy (non-hydrogen) atoms. The highest BCUT2D eigenvalue weighted by Crippen LogP contribution is 2.20. The van der Waals surface area contributed by atoms with Crippen molar-refractivity contribution in [3.8, 4) is 0 Å². The number of nitro benzene ring substituents is 1. The van der Waals surface area contributed by atoms with E-state index < -0.39 is 10.8 Å². The average molecular weight is 401 g/mol. The van der Waals surface area contributed by atoms with Crippen LogP contribution >= 0.6 is 15.9 Å². The van der Waals surface area contributed by atoms with Gasteiger partial charge in [-0.3, -0.25) is 14.9 Å². The largest absolute Gasteiger partial charge is 0.307 e. The molecule has 2 aromatic carbocycles. The summed E-state index contributed by atoms with van der Waals surface area (Å²) in [4.78, 5) is 22.9. The summed E-state index contributed by atoms with van der Waals surface area (Å²) in [5.74, 6) is -0.0913. The number of aromatic nitrogens is 2. The minimum atomic E-state index is -0.576. The van der Waals surface area contributed by atoms with E-state index in [4.69, 9.17) is 0 Å². The normalized spacial score (nSPS) is 10.4. The molecular formula is C17H13BrN4O3. The molecule has 0 saturated heterocycles. The monoisotopic (exact) mass is 400 g/mol. The zero-order valence-electron chi connectivity index (χ0n) is 12.9. The molecule has 0 aliphatic carbocycles. The van der Waals surface area contributed by atoms with Crippen LogP contribution in [0.15, 0.2) is 65.3 Å². The Morgan fingerprint density at radius 2 is 2.00 bits per heavy atom. The maximum absolute atomic E-state index is 12.4. The number of amides is 1. The predicted octanol–water partition coefficient (Wildman–Crippen LogP) is 3.85. The van der Waals surface area contributed by atoms with E-state index in [0.717, 1.165) is 10.0 Å². The standard InChI is InChI=1S/C17H13BrN4O3/c18-13-5-3-4-12(10-13)11-21-16(8-9-19-21)20-17(23)14-6-1-2-7-15(14)22(24)25/h1-10H,11H2,(H,20,23). The highest BCUT2D eigenvalue weighted by molar-refractivity contribution is 9.10. The molecule has 1 amide bonds. The molecule has 1 heterocycles. The summed E-state index contributed by atoms with van der Waals surface area (Å²) in [5.41, 5.74) is 0.764. The first kappa shape index (κ1) is 16.8. The van der Waals surface area contributed by atoms with Gasteiger partial charge in [-0.1, -0.05) is 40.2 Å². The fourth-order valence-electron chi connectivity index (χ4n) is 2.38. The second-order valence-electron chi connectivity index (χ2n) is 5.23. The number of nitro groups is 1. The van der Waals surface area contributed by atoms with Crippen molar-refractivity contribution >= 4 is 33.3 Å². The van der Waals surface area contributed by atoms with E-state index in [2.05, 4.69) is 26.3 Å². The van der Waals surface area contributed by atoms with Crippen LogP contribution in [0.4, 0.5) is 11.5 Å². The molecule has 8 heteroatoms. The quantitative estimate of drug-likeness (QED) is 0.519. The Bertz CT molecular complexity index is 939. The van der Waals surface area contributed by atoms with Gasteiger partial charge in [-0.15, -0.1) is 0 Å². The third-order valence-corrected chi connectivity index (χ3v) is 4.02. The molecule has 126 valence electrons. The van der Waals surface area contributed by atoms with Crippen molar-refractivity contribution in [2.75, 3.05) is 5.32 Å². The van der Waals surface area contributed by atoms with Crippen LogP contribution in [-0.2, 0) is 6.54 Å². The van der Waals surface area contributed by atoms with Crippen LogP contribution in [0.3, 0.4) is 0 Å². The summed E-state index contributed by atoms with van der Waals surface area (Å²) in [7, 11) is 0. The van der Waals surface area contributed by atoms with Crippen molar-refractivity contribution in [2.45, 2.75) is 6.54 Å². The Morgan fingerprint density at radius 1 is 1.20 bits per heavy atom. The number of hydrogen-bond acceptors (Lipinski definition) is 4. The molecule has 0 fully saturated rings. The van der Waals surface area contributed by atoms with Gasteiger partial charge in [-0.05, 0) is 23.8 Å². The van der Waals surface area contributed by atoms with Gasteiger partial charge in [-0.2, -0.15) is 5.10 Å². The number of rotatable bonds is 5. The lowest BCUT2D eigenvalue weighted by molar-refractivity contribution is -0.385. The van der Waals surface area contributed by atoms with Gasteiger partial charge < -0.3 is 5.32 Å². The number of para-hydroxylation sites is 1. The van der Waals surface area contributed by atoms with Gasteiger partial charge in [0.25, 0.3) is 11.6 Å². The first-order valence-electron chi connectivity index (χ1n) is 7.35. The molecule has 0 aliphatic rings. The fraction of sp³-hybridized carbons (Fsp3) is 0.0588. The van der Waals surface area contributed by atoms with Crippen LogP contribution in [0.2, 0.25) is 0 Å². The minimum Gasteiger partial charge on any atom is -0.307 e. The number of anilines is 1. The van der Waals surface area contributed by atoms with Gasteiger partial charge in [0.1, 0.15) is 11.4 Å². The van der Waals surface area contributed by atoms with E-state index in [1.165, 1.54) is 18.2 Å². The fourth-order valence-corrected chi connectivity index (χ4v) is 2.83. The summed E-state index contributed by atoms with van der Waals surface area (Å²) in [6, 6.07) is 15.2. The van der Waals surface area contributed by atoms with Crippen LogP contribution < -0.4 is 5.32 Å². The Morgan fingerprint density at radius 3 is 2.76 bits per heavy atom. The SMILES string of the molecule is O=C(Nc1ccnn1Cc1cccc(Br)c1)c1ccccc1[N+](=O)[O-]. The van der Waals surface area contributed by atoms with Crippen molar-refractivity contribution in [1.29, 1.82) is 0 Å². The van der Waals surface area contributed by atoms with Gasteiger partial charge in [0, 0.05) is 16.6 Å². The maximum Gasteiger partial charge on any atom is 0.282 e. The Labute approximate surface area is 151 Å². The summed E-state index contributed by atoms with van der Waals surface area (Å²) in [5, 5.41) is 18.0. The van der Waals surface area contributed by atoms with Crippen molar-refractivity contribution in [1.82, 2.24) is 9.78 Å². The Kier molecular flexibility index (Phi) is 4.90. The lowest BCUT2D eigenvalue weighted by Crippen LogP contribution is -2.17. The number of benzene rings is 2. The first-order chi connectivity index (χ1) is 12.0. The van der Waals surface area contributed by atoms with E-state index in [9.17, 15) is 14.9 Å². The summed E-state index contributed by atoms with van der Waals surface area (Å²) in [6.07, 6.45) is 1.56. The van der Waals surface area contributed by atoms with Crippen molar-refractivity contribution in [3.05, 3.63) is 86.5 Å². The van der Waals surface area contributed by atoms with Crippen LogP contribution in [0.25, 0.3) is 0 Å². The number of carbonyl (C=O) groups excluding carboxylic acids is 1. The second kappa shape index (κ2) is 7.27. The number of halogens is 1. The summed E-state index contributed by atoms with van der Waals surface area (Å²) >= 11 is 3.41. The molecule has 0 unspecified atom stereocenters. The van der Waals surface area contributed by atoms with E-state index in [0.29, 0.717) is 12.4 Å². The highest BCUT2D eigenvalue weighted by atomic mass is 79.9. The van der Waals surface area contributed by atoms with Crippen LogP contribution in [0.1, 0.15) is 15.9 Å². The van der Waals surface area contributed by atoms with Crippen LogP contribution in [-0.4, -0.2) is 20.6 Å². The summed E-state index contributed by atoms with van der Waals surface area (Å²) in [6.45, 7) is 0.457. The number of carbonyl (C=O) groups is 1. The average Bonchev–Trinajstić information content (AvgIpc) is 3.01. The molecule has 1 aromatic heterocycles. The molecule has 1 N–H and O–H groups in total. The van der Waals surface area contributed by atoms with Gasteiger partial charge in [-0.25, -0.2) is 4.68 Å². The lowest BCUT2D eigenvalue weighted by Gasteiger charge is -2.09. The van der Waals surface area contributed by atoms with E-state index in [-0.39, 0.29) is 11.3 Å². The van der Waals surface area contributed by atoms with Crippen molar-refractivity contribution < 1.29 is 9.72 Å². The molecular weight excluding hydrogens is 388 g/mol. The van der Waals surface area contributed by atoms with Crippen LogP contribution in [0, 0.1) is 10.1 Å². The topological polar surface area (TPSA) is 90.1 Å². The molecule has 3 rings (SSSR count). The highest BCUT2D eigenvalue weighted by Gasteiger charge is 2.20. The number of nitrogens with zero attached hydrogens (tertiary/aromatic N) is 3. The zero-order chi connectivity index (χ0) is 17.8. The van der Waals surface area contributed by atoms with E-state index in [1.807, 2.05) is 24.3 Å². The van der Waals surface area contributed by atoms with Gasteiger partial charge in [0.15, 0.2) is 0 Å². The lowest BCUT2D eigenvalue weighted by atomic mass is 10.1. The third-order valence-electron chi connectivity index (χ3n) is 3.52. The van der Waals surface area contributed by atoms with Gasteiger partial charge in [0.05, 0.1) is 17.7 Å². The number of nitrogens with one attached hydrogen (secondary N) is 1. The van der Waals surface area contributed by atoms with Gasteiger partial charge >= 0.3 is 0 Å². The molecule has 0 atom stereocenters. The molecule has 3 aromatic rings. The summed E-state index contributed by atoms with van der Waals surface area (Å²) < 4.78 is 2.57. The molecule has 0 radical (unpaired) electrons. The smallest absolute Gasteiger partial charge is 0.282 e. The Balaban J connectivity index is 1.82. The molecule has 0 saturated carbocycles. The molecule has 0 bridgehead atoms. The molecule has 0 aliphatic heterocycles. The van der Waals surface area contributed by atoms with Crippen LogP contribution in [0.5, 0.6) is 0 Å². The zero-order valence-corrected chi connectivity index (χ0v) is 14.5. The van der Waals surface area contributed by atoms with E-state index >= 15 is 0 Å². The minimum absolute atomic E-state index is 0.00251. The molecule has 0 spiro atoms.